The average Bonchev–Trinajstić information content (AvgIpc) is 2.37. The highest BCUT2D eigenvalue weighted by atomic mass is 16.5. The molecule has 16 heavy (non-hydrogen) atoms. The molecule has 2 aliphatic heterocycles. The maximum absolute atomic E-state index is 5.83. The summed E-state index contributed by atoms with van der Waals surface area (Å²) in [6.45, 7) is 1.88. The molecular formula is C13H17NO2. The molecule has 0 bridgehead atoms. The van der Waals surface area contributed by atoms with E-state index in [-0.39, 0.29) is 0 Å². The van der Waals surface area contributed by atoms with Gasteiger partial charge in [-0.25, -0.2) is 0 Å². The zero-order valence-electron chi connectivity index (χ0n) is 9.53. The average molecular weight is 219 g/mol. The van der Waals surface area contributed by atoms with Crippen LogP contribution in [0.5, 0.6) is 11.5 Å². The summed E-state index contributed by atoms with van der Waals surface area (Å²) in [7, 11) is 1.70. The SMILES string of the molecule is COc1cccc2c1OC[C@@H]1NCCC[C@@H]21. The first-order valence-corrected chi connectivity index (χ1v) is 5.93. The molecule has 3 rings (SSSR count). The number of fused-ring (bicyclic) bond motifs is 3. The molecule has 1 saturated heterocycles. The lowest BCUT2D eigenvalue weighted by Gasteiger charge is -2.38. The number of hydrogen-bond donors (Lipinski definition) is 1. The summed E-state index contributed by atoms with van der Waals surface area (Å²) in [6.07, 6.45) is 2.50. The van der Waals surface area contributed by atoms with Gasteiger partial charge in [0.05, 0.1) is 7.11 Å². The number of piperidine rings is 1. The molecule has 2 heterocycles. The van der Waals surface area contributed by atoms with E-state index in [0.717, 1.165) is 24.7 Å². The second-order valence-electron chi connectivity index (χ2n) is 4.50. The van der Waals surface area contributed by atoms with Gasteiger partial charge in [0.15, 0.2) is 11.5 Å². The number of hydrogen-bond acceptors (Lipinski definition) is 3. The lowest BCUT2D eigenvalue weighted by molar-refractivity contribution is 0.183. The lowest BCUT2D eigenvalue weighted by Crippen LogP contribution is -2.46. The molecule has 0 unspecified atom stereocenters. The maximum Gasteiger partial charge on any atom is 0.164 e. The minimum absolute atomic E-state index is 0.480. The van der Waals surface area contributed by atoms with E-state index in [9.17, 15) is 0 Å². The Hall–Kier alpha value is -1.22. The van der Waals surface area contributed by atoms with Gasteiger partial charge in [-0.3, -0.25) is 0 Å². The number of nitrogens with one attached hydrogen (secondary N) is 1. The van der Waals surface area contributed by atoms with Gasteiger partial charge in [0.25, 0.3) is 0 Å². The Morgan fingerprint density at radius 1 is 1.44 bits per heavy atom. The van der Waals surface area contributed by atoms with Crippen molar-refractivity contribution in [3.05, 3.63) is 23.8 Å². The quantitative estimate of drug-likeness (QED) is 0.782. The van der Waals surface area contributed by atoms with Crippen molar-refractivity contribution in [3.63, 3.8) is 0 Å². The lowest BCUT2D eigenvalue weighted by atomic mass is 9.83. The minimum Gasteiger partial charge on any atom is -0.493 e. The maximum atomic E-state index is 5.83. The standard InChI is InChI=1S/C13H17NO2/c1-15-12-6-2-4-10-9-5-3-7-14-11(9)8-16-13(10)12/h2,4,6,9,11,14H,3,5,7-8H2,1H3/t9-,11-/m0/s1. The molecular weight excluding hydrogens is 202 g/mol. The van der Waals surface area contributed by atoms with E-state index in [0.29, 0.717) is 12.0 Å². The molecule has 0 radical (unpaired) electrons. The minimum atomic E-state index is 0.480. The van der Waals surface area contributed by atoms with Gasteiger partial charge in [0.1, 0.15) is 6.61 Å². The Labute approximate surface area is 95.8 Å². The molecule has 0 aromatic heterocycles. The molecule has 3 nitrogen and oxygen atoms in total. The van der Waals surface area contributed by atoms with Crippen LogP contribution < -0.4 is 14.8 Å². The fourth-order valence-corrected chi connectivity index (χ4v) is 2.81. The van der Waals surface area contributed by atoms with Crippen molar-refractivity contribution < 1.29 is 9.47 Å². The van der Waals surface area contributed by atoms with Crippen molar-refractivity contribution in [1.29, 1.82) is 0 Å². The highest BCUT2D eigenvalue weighted by Gasteiger charge is 2.33. The predicted octanol–water partition coefficient (Wildman–Crippen LogP) is 1.92. The van der Waals surface area contributed by atoms with Crippen LogP contribution in [0.4, 0.5) is 0 Å². The van der Waals surface area contributed by atoms with Crippen LogP contribution in [0, 0.1) is 0 Å². The van der Waals surface area contributed by atoms with Gasteiger partial charge in [-0.05, 0) is 25.5 Å². The first kappa shape index (κ1) is 9.97. The second-order valence-corrected chi connectivity index (χ2v) is 4.50. The van der Waals surface area contributed by atoms with E-state index < -0.39 is 0 Å². The summed E-state index contributed by atoms with van der Waals surface area (Å²) in [5.74, 6) is 2.41. The first-order chi connectivity index (χ1) is 7.90. The van der Waals surface area contributed by atoms with Crippen LogP contribution in [0.2, 0.25) is 0 Å². The molecule has 3 heteroatoms. The van der Waals surface area contributed by atoms with Crippen LogP contribution in [0.25, 0.3) is 0 Å². The molecule has 0 saturated carbocycles. The highest BCUT2D eigenvalue weighted by molar-refractivity contribution is 5.50. The van der Waals surface area contributed by atoms with Gasteiger partial charge in [0, 0.05) is 17.5 Å². The number of para-hydroxylation sites is 1. The van der Waals surface area contributed by atoms with Crippen LogP contribution in [-0.2, 0) is 0 Å². The predicted molar refractivity (Wildman–Crippen MR) is 62.3 cm³/mol. The smallest absolute Gasteiger partial charge is 0.164 e. The Balaban J connectivity index is 2.01. The van der Waals surface area contributed by atoms with Crippen molar-refractivity contribution in [2.75, 3.05) is 20.3 Å². The fourth-order valence-electron chi connectivity index (χ4n) is 2.81. The molecule has 1 aromatic carbocycles. The molecule has 0 aliphatic carbocycles. The number of benzene rings is 1. The molecule has 2 aliphatic rings. The van der Waals surface area contributed by atoms with Gasteiger partial charge in [-0.1, -0.05) is 12.1 Å². The molecule has 1 fully saturated rings. The molecule has 0 spiro atoms. The molecule has 1 aromatic rings. The van der Waals surface area contributed by atoms with Gasteiger partial charge in [-0.15, -0.1) is 0 Å². The highest BCUT2D eigenvalue weighted by Crippen LogP contribution is 2.43. The van der Waals surface area contributed by atoms with E-state index in [2.05, 4.69) is 17.4 Å². The van der Waals surface area contributed by atoms with Crippen LogP contribution >= 0.6 is 0 Å². The third-order valence-corrected chi connectivity index (χ3v) is 3.62. The Morgan fingerprint density at radius 2 is 2.38 bits per heavy atom. The second kappa shape index (κ2) is 3.98. The van der Waals surface area contributed by atoms with Crippen molar-refractivity contribution in [3.8, 4) is 11.5 Å². The number of ether oxygens (including phenoxy) is 2. The number of methoxy groups -OCH3 is 1. The van der Waals surface area contributed by atoms with Crippen molar-refractivity contribution in [1.82, 2.24) is 5.32 Å². The Bertz CT molecular complexity index is 392. The van der Waals surface area contributed by atoms with Crippen molar-refractivity contribution >= 4 is 0 Å². The van der Waals surface area contributed by atoms with Gasteiger partial charge in [0.2, 0.25) is 0 Å². The molecule has 2 atom stereocenters. The summed E-state index contributed by atoms with van der Waals surface area (Å²) >= 11 is 0. The summed E-state index contributed by atoms with van der Waals surface area (Å²) in [5.41, 5.74) is 1.31. The zero-order valence-corrected chi connectivity index (χ0v) is 9.53. The third kappa shape index (κ3) is 1.47. The van der Waals surface area contributed by atoms with E-state index in [4.69, 9.17) is 9.47 Å². The van der Waals surface area contributed by atoms with Gasteiger partial charge < -0.3 is 14.8 Å². The van der Waals surface area contributed by atoms with E-state index in [1.165, 1.54) is 18.4 Å². The van der Waals surface area contributed by atoms with Crippen molar-refractivity contribution in [2.24, 2.45) is 0 Å². The Morgan fingerprint density at radius 3 is 3.25 bits per heavy atom. The monoisotopic (exact) mass is 219 g/mol. The van der Waals surface area contributed by atoms with Crippen LogP contribution in [-0.4, -0.2) is 26.3 Å². The summed E-state index contributed by atoms with van der Waals surface area (Å²) < 4.78 is 11.2. The first-order valence-electron chi connectivity index (χ1n) is 5.93. The third-order valence-electron chi connectivity index (χ3n) is 3.62. The zero-order chi connectivity index (χ0) is 11.0. The number of rotatable bonds is 1. The van der Waals surface area contributed by atoms with Gasteiger partial charge in [-0.2, -0.15) is 0 Å². The fraction of sp³-hybridized carbons (Fsp3) is 0.538. The summed E-state index contributed by atoms with van der Waals surface area (Å²) in [4.78, 5) is 0. The van der Waals surface area contributed by atoms with E-state index in [1.54, 1.807) is 7.11 Å². The largest absolute Gasteiger partial charge is 0.493 e. The Kier molecular flexibility index (Phi) is 2.48. The van der Waals surface area contributed by atoms with Crippen LogP contribution in [0.1, 0.15) is 24.3 Å². The van der Waals surface area contributed by atoms with Crippen molar-refractivity contribution in [2.45, 2.75) is 24.8 Å². The topological polar surface area (TPSA) is 30.5 Å². The van der Waals surface area contributed by atoms with Crippen LogP contribution in [0.15, 0.2) is 18.2 Å². The summed E-state index contributed by atoms with van der Waals surface area (Å²) in [5, 5.41) is 3.53. The van der Waals surface area contributed by atoms with Gasteiger partial charge >= 0.3 is 0 Å². The molecule has 0 amide bonds. The van der Waals surface area contributed by atoms with Crippen LogP contribution in [0.3, 0.4) is 0 Å². The molecule has 86 valence electrons. The summed E-state index contributed by atoms with van der Waals surface area (Å²) in [6, 6.07) is 6.67. The normalized spacial score (nSPS) is 27.6. The van der Waals surface area contributed by atoms with E-state index >= 15 is 0 Å². The molecule has 1 N–H and O–H groups in total. The van der Waals surface area contributed by atoms with E-state index in [1.807, 2.05) is 6.07 Å².